The molecule has 1 amide bonds. The van der Waals surface area contributed by atoms with Crippen molar-refractivity contribution >= 4 is 11.9 Å². The van der Waals surface area contributed by atoms with Crippen LogP contribution in [0, 0.1) is 12.8 Å². The zero-order chi connectivity index (χ0) is 13.8. The van der Waals surface area contributed by atoms with Crippen LogP contribution in [-0.2, 0) is 4.79 Å². The van der Waals surface area contributed by atoms with Crippen LogP contribution in [0.15, 0.2) is 24.4 Å². The molecule has 0 unspecified atom stereocenters. The zero-order valence-electron chi connectivity index (χ0n) is 11.1. The molecule has 6 heteroatoms. The van der Waals surface area contributed by atoms with Crippen LogP contribution in [0.5, 0.6) is 0 Å². The second-order valence-electron chi connectivity index (χ2n) is 4.39. The molecule has 2 rings (SSSR count). The van der Waals surface area contributed by atoms with Crippen LogP contribution in [0.1, 0.15) is 19.7 Å². The van der Waals surface area contributed by atoms with Crippen LogP contribution in [-0.4, -0.2) is 25.8 Å². The van der Waals surface area contributed by atoms with Crippen molar-refractivity contribution in [3.8, 4) is 11.5 Å². The number of hydrogen-bond acceptors (Lipinski definition) is 5. The molecule has 0 bridgehead atoms. The molecule has 0 saturated carbocycles. The lowest BCUT2D eigenvalue weighted by atomic mass is 10.2. The summed E-state index contributed by atoms with van der Waals surface area (Å²) in [6.45, 7) is 5.37. The Kier molecular flexibility index (Phi) is 3.79. The maximum Gasteiger partial charge on any atom is 0.233 e. The monoisotopic (exact) mass is 257 g/mol. The minimum atomic E-state index is -0.129. The van der Waals surface area contributed by atoms with E-state index in [1.54, 1.807) is 13.1 Å². The molecule has 0 saturated heterocycles. The van der Waals surface area contributed by atoms with Crippen molar-refractivity contribution in [2.45, 2.75) is 20.8 Å². The largest absolute Gasteiger partial charge is 0.294 e. The third-order valence-electron chi connectivity index (χ3n) is 2.40. The van der Waals surface area contributed by atoms with E-state index >= 15 is 0 Å². The van der Waals surface area contributed by atoms with Crippen LogP contribution in [0.4, 0.5) is 5.95 Å². The first-order valence-electron chi connectivity index (χ1n) is 6.01. The highest BCUT2D eigenvalue weighted by atomic mass is 16.1. The Morgan fingerprint density at radius 2 is 2.00 bits per heavy atom. The lowest BCUT2D eigenvalue weighted by Crippen LogP contribution is -2.20. The molecule has 0 atom stereocenters. The number of nitrogens with zero attached hydrogens (tertiary/aromatic N) is 4. The van der Waals surface area contributed by atoms with Crippen LogP contribution in [0.2, 0.25) is 0 Å². The van der Waals surface area contributed by atoms with Crippen molar-refractivity contribution in [2.75, 3.05) is 5.32 Å². The molecular formula is C13H15N5O. The predicted octanol–water partition coefficient (Wildman–Crippen LogP) is 1.84. The van der Waals surface area contributed by atoms with Crippen LogP contribution >= 0.6 is 0 Å². The third kappa shape index (κ3) is 3.31. The average molecular weight is 257 g/mol. The number of carbonyl (C=O) groups is 1. The summed E-state index contributed by atoms with van der Waals surface area (Å²) in [6.07, 6.45) is 1.67. The first kappa shape index (κ1) is 13.1. The number of aryl methyl sites for hydroxylation is 1. The van der Waals surface area contributed by atoms with E-state index < -0.39 is 0 Å². The van der Waals surface area contributed by atoms with Gasteiger partial charge in [-0.2, -0.15) is 9.97 Å². The van der Waals surface area contributed by atoms with Crippen molar-refractivity contribution < 1.29 is 4.79 Å². The van der Waals surface area contributed by atoms with E-state index in [1.165, 1.54) is 0 Å². The van der Waals surface area contributed by atoms with Gasteiger partial charge in [-0.15, -0.1) is 0 Å². The van der Waals surface area contributed by atoms with Gasteiger partial charge < -0.3 is 0 Å². The second kappa shape index (κ2) is 5.51. The van der Waals surface area contributed by atoms with Crippen molar-refractivity contribution in [1.29, 1.82) is 0 Å². The molecule has 0 spiro atoms. The Bertz CT molecular complexity index is 583. The van der Waals surface area contributed by atoms with Gasteiger partial charge in [0.05, 0.1) is 0 Å². The standard InChI is InChI=1S/C13H15N5O/c1-8(2)12(19)18-13-16-9(3)15-11(17-13)10-6-4-5-7-14-10/h4-8H,1-3H3,(H,15,16,17,18,19). The molecule has 6 nitrogen and oxygen atoms in total. The van der Waals surface area contributed by atoms with Crippen molar-refractivity contribution in [1.82, 2.24) is 19.9 Å². The maximum atomic E-state index is 11.6. The van der Waals surface area contributed by atoms with Gasteiger partial charge in [0, 0.05) is 12.1 Å². The number of anilines is 1. The van der Waals surface area contributed by atoms with Gasteiger partial charge >= 0.3 is 0 Å². The van der Waals surface area contributed by atoms with E-state index in [-0.39, 0.29) is 17.8 Å². The topological polar surface area (TPSA) is 80.7 Å². The van der Waals surface area contributed by atoms with Gasteiger partial charge in [-0.3, -0.25) is 15.1 Å². The molecule has 19 heavy (non-hydrogen) atoms. The van der Waals surface area contributed by atoms with E-state index in [1.807, 2.05) is 32.0 Å². The van der Waals surface area contributed by atoms with Gasteiger partial charge in [0.1, 0.15) is 11.5 Å². The lowest BCUT2D eigenvalue weighted by molar-refractivity contribution is -0.118. The fourth-order valence-electron chi connectivity index (χ4n) is 1.40. The van der Waals surface area contributed by atoms with Gasteiger partial charge in [0.15, 0.2) is 5.82 Å². The number of amides is 1. The average Bonchev–Trinajstić information content (AvgIpc) is 2.39. The number of nitrogens with one attached hydrogen (secondary N) is 1. The number of carbonyl (C=O) groups excluding carboxylic acids is 1. The minimum absolute atomic E-state index is 0.127. The van der Waals surface area contributed by atoms with E-state index in [9.17, 15) is 4.79 Å². The molecule has 98 valence electrons. The van der Waals surface area contributed by atoms with E-state index in [4.69, 9.17) is 0 Å². The molecular weight excluding hydrogens is 242 g/mol. The Hall–Kier alpha value is -2.37. The minimum Gasteiger partial charge on any atom is -0.294 e. The molecule has 2 heterocycles. The van der Waals surface area contributed by atoms with Crippen LogP contribution < -0.4 is 5.32 Å². The summed E-state index contributed by atoms with van der Waals surface area (Å²) in [5.41, 5.74) is 0.646. The predicted molar refractivity (Wildman–Crippen MR) is 71.3 cm³/mol. The fourth-order valence-corrected chi connectivity index (χ4v) is 1.40. The number of rotatable bonds is 3. The zero-order valence-corrected chi connectivity index (χ0v) is 11.1. The van der Waals surface area contributed by atoms with Crippen LogP contribution in [0.3, 0.4) is 0 Å². The highest BCUT2D eigenvalue weighted by Gasteiger charge is 2.12. The normalized spacial score (nSPS) is 10.5. The van der Waals surface area contributed by atoms with Gasteiger partial charge in [-0.05, 0) is 19.1 Å². The fraction of sp³-hybridized carbons (Fsp3) is 0.308. The molecule has 2 aromatic rings. The number of aromatic nitrogens is 4. The third-order valence-corrected chi connectivity index (χ3v) is 2.40. The van der Waals surface area contributed by atoms with Crippen molar-refractivity contribution in [2.24, 2.45) is 5.92 Å². The second-order valence-corrected chi connectivity index (χ2v) is 4.39. The van der Waals surface area contributed by atoms with Gasteiger partial charge in [0.25, 0.3) is 0 Å². The van der Waals surface area contributed by atoms with Gasteiger partial charge in [0.2, 0.25) is 11.9 Å². The maximum absolute atomic E-state index is 11.6. The summed E-state index contributed by atoms with van der Waals surface area (Å²) in [4.78, 5) is 28.4. The van der Waals surface area contributed by atoms with Crippen LogP contribution in [0.25, 0.3) is 11.5 Å². The molecule has 0 aliphatic carbocycles. The summed E-state index contributed by atoms with van der Waals surface area (Å²) in [5, 5.41) is 2.66. The number of pyridine rings is 1. The number of hydrogen-bond donors (Lipinski definition) is 1. The van der Waals surface area contributed by atoms with E-state index in [0.29, 0.717) is 17.3 Å². The molecule has 0 aliphatic heterocycles. The highest BCUT2D eigenvalue weighted by molar-refractivity contribution is 5.90. The molecule has 2 aromatic heterocycles. The highest BCUT2D eigenvalue weighted by Crippen LogP contribution is 2.13. The van der Waals surface area contributed by atoms with Gasteiger partial charge in [-0.25, -0.2) is 4.98 Å². The molecule has 0 aliphatic rings. The molecule has 1 N–H and O–H groups in total. The van der Waals surface area contributed by atoms with Crippen molar-refractivity contribution in [3.05, 3.63) is 30.2 Å². The SMILES string of the molecule is Cc1nc(NC(=O)C(C)C)nc(-c2ccccn2)n1. The lowest BCUT2D eigenvalue weighted by Gasteiger charge is -2.07. The van der Waals surface area contributed by atoms with Crippen molar-refractivity contribution in [3.63, 3.8) is 0 Å². The van der Waals surface area contributed by atoms with E-state index in [2.05, 4.69) is 25.3 Å². The first-order chi connectivity index (χ1) is 9.06. The Morgan fingerprint density at radius 3 is 2.63 bits per heavy atom. The Balaban J connectivity index is 2.33. The summed E-state index contributed by atoms with van der Waals surface area (Å²) >= 11 is 0. The smallest absolute Gasteiger partial charge is 0.233 e. The Morgan fingerprint density at radius 1 is 1.21 bits per heavy atom. The Labute approximate surface area is 111 Å². The van der Waals surface area contributed by atoms with Gasteiger partial charge in [-0.1, -0.05) is 19.9 Å². The summed E-state index contributed by atoms with van der Waals surface area (Å²) in [7, 11) is 0. The molecule has 0 fully saturated rings. The molecule has 0 aromatic carbocycles. The quantitative estimate of drug-likeness (QED) is 0.907. The summed E-state index contributed by atoms with van der Waals surface area (Å²) < 4.78 is 0. The summed E-state index contributed by atoms with van der Waals surface area (Å²) in [5.74, 6) is 0.988. The van der Waals surface area contributed by atoms with E-state index in [0.717, 1.165) is 0 Å². The first-order valence-corrected chi connectivity index (χ1v) is 6.01. The summed E-state index contributed by atoms with van der Waals surface area (Å²) in [6, 6.07) is 5.48. The molecule has 0 radical (unpaired) electrons.